The number of piperidine rings is 1. The molecule has 1 saturated carbocycles. The van der Waals surface area contributed by atoms with Crippen LogP contribution >= 0.6 is 11.6 Å². The number of aromatic nitrogens is 1. The highest BCUT2D eigenvalue weighted by Crippen LogP contribution is 2.50. The van der Waals surface area contributed by atoms with Gasteiger partial charge in [0.1, 0.15) is 11.6 Å². The highest BCUT2D eigenvalue weighted by molar-refractivity contribution is 6.33. The molecule has 0 spiro atoms. The number of nitrogens with one attached hydrogen (secondary N) is 1. The molecule has 2 atom stereocenters. The molecule has 0 unspecified atom stereocenters. The maximum absolute atomic E-state index is 13.5. The third kappa shape index (κ3) is 4.59. The lowest BCUT2D eigenvalue weighted by Gasteiger charge is -2.48. The Bertz CT molecular complexity index is 1430. The number of hydrogen-bond donors (Lipinski definition) is 2. The standard InChI is InChI=1S/C28H28ClFN2O5/c1-16(26(34)32-11-2-4-17(15-32)28(27(35)36)9-3-10-28)37-19-6-8-20-22(13-19)25(33)31-14-23(20)21-7-5-18(30)12-24(21)29/h5-8,12-14,16-17H,2-4,9-11,15H2,1H3,(H,31,33)(H,35,36)/t16-,17+/m1/s1. The van der Waals surface area contributed by atoms with Crippen LogP contribution in [0.3, 0.4) is 0 Å². The topological polar surface area (TPSA) is 99.7 Å². The number of aliphatic carboxylic acids is 1. The second-order valence-electron chi connectivity index (χ2n) is 10.1. The minimum absolute atomic E-state index is 0.0559. The van der Waals surface area contributed by atoms with Crippen LogP contribution < -0.4 is 10.3 Å². The Morgan fingerprint density at radius 2 is 1.95 bits per heavy atom. The van der Waals surface area contributed by atoms with Crippen molar-refractivity contribution in [2.75, 3.05) is 13.1 Å². The number of aromatic amines is 1. The number of carboxylic acid groups (broad SMARTS) is 1. The van der Waals surface area contributed by atoms with E-state index in [-0.39, 0.29) is 22.4 Å². The van der Waals surface area contributed by atoms with Crippen molar-refractivity contribution in [1.82, 2.24) is 9.88 Å². The molecule has 1 aliphatic heterocycles. The number of pyridine rings is 1. The van der Waals surface area contributed by atoms with Crippen LogP contribution in [0, 0.1) is 17.2 Å². The van der Waals surface area contributed by atoms with Gasteiger partial charge < -0.3 is 19.7 Å². The van der Waals surface area contributed by atoms with Crippen molar-refractivity contribution in [3.63, 3.8) is 0 Å². The molecule has 2 heterocycles. The summed E-state index contributed by atoms with van der Waals surface area (Å²) in [5.74, 6) is -1.12. The summed E-state index contributed by atoms with van der Waals surface area (Å²) in [5, 5.41) is 11.0. The highest BCUT2D eigenvalue weighted by Gasteiger charge is 2.51. The van der Waals surface area contributed by atoms with Gasteiger partial charge in [-0.1, -0.05) is 18.0 Å². The van der Waals surface area contributed by atoms with Gasteiger partial charge >= 0.3 is 5.97 Å². The average Bonchev–Trinajstić information content (AvgIpc) is 2.84. The molecule has 5 rings (SSSR count). The minimum atomic E-state index is -0.813. The largest absolute Gasteiger partial charge is 0.481 e. The lowest BCUT2D eigenvalue weighted by atomic mass is 9.59. The predicted molar refractivity (Wildman–Crippen MR) is 138 cm³/mol. The van der Waals surface area contributed by atoms with Crippen molar-refractivity contribution < 1.29 is 23.8 Å². The highest BCUT2D eigenvalue weighted by atomic mass is 35.5. The normalized spacial score (nSPS) is 19.8. The maximum Gasteiger partial charge on any atom is 0.309 e. The molecule has 37 heavy (non-hydrogen) atoms. The number of carboxylic acids is 1. The Hall–Kier alpha value is -3.39. The first-order valence-electron chi connectivity index (χ1n) is 12.5. The summed E-state index contributed by atoms with van der Waals surface area (Å²) in [6.45, 7) is 2.64. The van der Waals surface area contributed by atoms with Gasteiger partial charge in [0.2, 0.25) is 0 Å². The summed E-state index contributed by atoms with van der Waals surface area (Å²) in [6.07, 6.45) is 4.53. The minimum Gasteiger partial charge on any atom is -0.481 e. The summed E-state index contributed by atoms with van der Waals surface area (Å²) < 4.78 is 19.5. The van der Waals surface area contributed by atoms with Crippen LogP contribution in [-0.2, 0) is 9.59 Å². The van der Waals surface area contributed by atoms with E-state index in [1.165, 1.54) is 18.3 Å². The van der Waals surface area contributed by atoms with Gasteiger partial charge in [-0.25, -0.2) is 4.39 Å². The number of benzene rings is 2. The molecule has 194 valence electrons. The van der Waals surface area contributed by atoms with Crippen LogP contribution in [0.5, 0.6) is 5.75 Å². The lowest BCUT2D eigenvalue weighted by Crippen LogP contribution is -2.53. The zero-order valence-electron chi connectivity index (χ0n) is 20.4. The molecule has 3 aromatic rings. The van der Waals surface area contributed by atoms with Crippen molar-refractivity contribution >= 4 is 34.2 Å². The molecule has 7 nitrogen and oxygen atoms in total. The SMILES string of the molecule is C[C@@H](Oc1ccc2c(-c3ccc(F)cc3Cl)c[nH]c(=O)c2c1)C(=O)N1CCC[C@H](C2(C(=O)O)CCC2)C1. The molecule has 0 bridgehead atoms. The summed E-state index contributed by atoms with van der Waals surface area (Å²) in [5.41, 5.74) is 0.164. The molecule has 1 aromatic heterocycles. The first kappa shape index (κ1) is 25.3. The second kappa shape index (κ2) is 9.82. The van der Waals surface area contributed by atoms with E-state index in [0.29, 0.717) is 53.6 Å². The number of halogens is 2. The molecule has 2 N–H and O–H groups in total. The number of hydrogen-bond acceptors (Lipinski definition) is 4. The summed E-state index contributed by atoms with van der Waals surface area (Å²) in [6, 6.07) is 9.05. The Morgan fingerprint density at radius 1 is 1.16 bits per heavy atom. The molecule has 0 radical (unpaired) electrons. The molecule has 1 aliphatic carbocycles. The van der Waals surface area contributed by atoms with Gasteiger partial charge in [0.15, 0.2) is 6.10 Å². The number of carbonyl (C=O) groups excluding carboxylic acids is 1. The lowest BCUT2D eigenvalue weighted by molar-refractivity contribution is -0.164. The van der Waals surface area contributed by atoms with Gasteiger partial charge in [-0.05, 0) is 80.3 Å². The van der Waals surface area contributed by atoms with Crippen LogP contribution in [0.2, 0.25) is 5.02 Å². The van der Waals surface area contributed by atoms with Crippen LogP contribution in [-0.4, -0.2) is 46.1 Å². The number of amides is 1. The fraction of sp³-hybridized carbons (Fsp3) is 0.393. The average molecular weight is 527 g/mol. The van der Waals surface area contributed by atoms with E-state index in [9.17, 15) is 23.9 Å². The number of nitrogens with zero attached hydrogens (tertiary/aromatic N) is 1. The first-order chi connectivity index (χ1) is 17.7. The second-order valence-corrected chi connectivity index (χ2v) is 10.5. The number of ether oxygens (including phenoxy) is 1. The van der Waals surface area contributed by atoms with Crippen molar-refractivity contribution in [2.45, 2.75) is 45.1 Å². The summed E-state index contributed by atoms with van der Waals surface area (Å²) >= 11 is 6.25. The van der Waals surface area contributed by atoms with Gasteiger partial charge in [-0.2, -0.15) is 0 Å². The van der Waals surface area contributed by atoms with E-state index in [1.807, 2.05) is 0 Å². The molecule has 2 aromatic carbocycles. The van der Waals surface area contributed by atoms with E-state index < -0.39 is 23.3 Å². The fourth-order valence-corrected chi connectivity index (χ4v) is 6.01. The monoisotopic (exact) mass is 526 g/mol. The van der Waals surface area contributed by atoms with E-state index in [4.69, 9.17) is 16.3 Å². The van der Waals surface area contributed by atoms with Crippen LogP contribution in [0.4, 0.5) is 4.39 Å². The predicted octanol–water partition coefficient (Wildman–Crippen LogP) is 5.25. The number of H-pyrrole nitrogens is 1. The summed E-state index contributed by atoms with van der Waals surface area (Å²) in [7, 11) is 0. The van der Waals surface area contributed by atoms with Crippen molar-refractivity contribution in [3.05, 3.63) is 63.8 Å². The van der Waals surface area contributed by atoms with Gasteiger partial charge in [0.25, 0.3) is 11.5 Å². The van der Waals surface area contributed by atoms with Gasteiger partial charge in [-0.15, -0.1) is 0 Å². The van der Waals surface area contributed by atoms with Gasteiger partial charge in [0, 0.05) is 30.4 Å². The number of rotatable bonds is 6. The maximum atomic E-state index is 13.5. The van der Waals surface area contributed by atoms with Crippen LogP contribution in [0.1, 0.15) is 39.0 Å². The molecular formula is C28H28ClFN2O5. The molecule has 1 saturated heterocycles. The van der Waals surface area contributed by atoms with E-state index >= 15 is 0 Å². The smallest absolute Gasteiger partial charge is 0.309 e. The Labute approximate surface area is 218 Å². The van der Waals surface area contributed by atoms with Crippen molar-refractivity contribution in [2.24, 2.45) is 11.3 Å². The molecule has 2 fully saturated rings. The molecular weight excluding hydrogens is 499 g/mol. The van der Waals surface area contributed by atoms with Crippen LogP contribution in [0.15, 0.2) is 47.4 Å². The van der Waals surface area contributed by atoms with E-state index in [1.54, 1.807) is 36.1 Å². The summed E-state index contributed by atoms with van der Waals surface area (Å²) in [4.78, 5) is 42.2. The third-order valence-corrected chi connectivity index (χ3v) is 8.25. The Morgan fingerprint density at radius 3 is 2.62 bits per heavy atom. The molecule has 1 amide bonds. The van der Waals surface area contributed by atoms with Crippen LogP contribution in [0.25, 0.3) is 21.9 Å². The fourth-order valence-electron chi connectivity index (χ4n) is 5.74. The van der Waals surface area contributed by atoms with Gasteiger partial charge in [-0.3, -0.25) is 14.4 Å². The number of carbonyl (C=O) groups is 2. The van der Waals surface area contributed by atoms with Crippen molar-refractivity contribution in [3.8, 4) is 16.9 Å². The Kier molecular flexibility index (Phi) is 6.70. The van der Waals surface area contributed by atoms with Crippen molar-refractivity contribution in [1.29, 1.82) is 0 Å². The zero-order valence-corrected chi connectivity index (χ0v) is 21.2. The molecule has 2 aliphatic rings. The first-order valence-corrected chi connectivity index (χ1v) is 12.9. The van der Waals surface area contributed by atoms with E-state index in [0.717, 1.165) is 19.3 Å². The van der Waals surface area contributed by atoms with Gasteiger partial charge in [0.05, 0.1) is 15.8 Å². The van der Waals surface area contributed by atoms with E-state index in [2.05, 4.69) is 4.98 Å². The number of fused-ring (bicyclic) bond motifs is 1. The third-order valence-electron chi connectivity index (χ3n) is 7.94. The quantitative estimate of drug-likeness (QED) is 0.457. The number of likely N-dealkylation sites (tertiary alicyclic amines) is 1. The molecule has 9 heteroatoms. The zero-order chi connectivity index (χ0) is 26.3. The Balaban J connectivity index is 1.35.